The van der Waals surface area contributed by atoms with Crippen LogP contribution in [-0.4, -0.2) is 41.5 Å². The summed E-state index contributed by atoms with van der Waals surface area (Å²) < 4.78 is 5.37. The van der Waals surface area contributed by atoms with Gasteiger partial charge in [-0.25, -0.2) is 0 Å². The summed E-state index contributed by atoms with van der Waals surface area (Å²) in [5.41, 5.74) is -0.982. The van der Waals surface area contributed by atoms with Crippen molar-refractivity contribution in [3.8, 4) is 5.75 Å². The standard InChI is InChI=1S/C13H19NO4/c1-13(9-15,10-16)14-12(17)7-8-18-11-5-3-2-4-6-11/h2-6,15-16H,7-10H2,1H3,(H,14,17). The van der Waals surface area contributed by atoms with Crippen LogP contribution in [0, 0.1) is 0 Å². The number of carbonyl (C=O) groups is 1. The monoisotopic (exact) mass is 253 g/mol. The van der Waals surface area contributed by atoms with Gasteiger partial charge in [-0.15, -0.1) is 0 Å². The van der Waals surface area contributed by atoms with E-state index in [2.05, 4.69) is 5.32 Å². The zero-order valence-corrected chi connectivity index (χ0v) is 10.4. The molecule has 0 saturated heterocycles. The van der Waals surface area contributed by atoms with Gasteiger partial charge in [-0.2, -0.15) is 0 Å². The van der Waals surface area contributed by atoms with Gasteiger partial charge in [0.25, 0.3) is 0 Å². The van der Waals surface area contributed by atoms with Crippen LogP contribution in [0.3, 0.4) is 0 Å². The average molecular weight is 253 g/mol. The highest BCUT2D eigenvalue weighted by Crippen LogP contribution is 2.08. The number of carbonyl (C=O) groups excluding carboxylic acids is 1. The maximum absolute atomic E-state index is 11.6. The maximum atomic E-state index is 11.6. The quantitative estimate of drug-likeness (QED) is 0.653. The van der Waals surface area contributed by atoms with Gasteiger partial charge in [-0.3, -0.25) is 4.79 Å². The van der Waals surface area contributed by atoms with Gasteiger partial charge in [-0.05, 0) is 19.1 Å². The van der Waals surface area contributed by atoms with Crippen molar-refractivity contribution in [1.29, 1.82) is 0 Å². The minimum atomic E-state index is -0.982. The van der Waals surface area contributed by atoms with Crippen LogP contribution in [0.5, 0.6) is 5.75 Å². The molecule has 0 aromatic heterocycles. The molecule has 18 heavy (non-hydrogen) atoms. The van der Waals surface area contributed by atoms with Crippen LogP contribution in [0.4, 0.5) is 0 Å². The van der Waals surface area contributed by atoms with E-state index in [9.17, 15) is 4.79 Å². The molecule has 0 saturated carbocycles. The molecule has 0 bridgehead atoms. The Morgan fingerprint density at radius 2 is 1.89 bits per heavy atom. The number of amides is 1. The van der Waals surface area contributed by atoms with Gasteiger partial charge < -0.3 is 20.3 Å². The fourth-order valence-corrected chi connectivity index (χ4v) is 1.31. The van der Waals surface area contributed by atoms with Crippen molar-refractivity contribution in [3.63, 3.8) is 0 Å². The number of aliphatic hydroxyl groups is 2. The minimum Gasteiger partial charge on any atom is -0.493 e. The molecule has 3 N–H and O–H groups in total. The van der Waals surface area contributed by atoms with Crippen molar-refractivity contribution in [2.75, 3.05) is 19.8 Å². The molecular weight excluding hydrogens is 234 g/mol. The molecule has 0 spiro atoms. The number of hydrogen-bond acceptors (Lipinski definition) is 4. The summed E-state index contributed by atoms with van der Waals surface area (Å²) in [6.07, 6.45) is 0.171. The number of nitrogens with one attached hydrogen (secondary N) is 1. The molecule has 5 nitrogen and oxygen atoms in total. The summed E-state index contributed by atoms with van der Waals surface area (Å²) in [6.45, 7) is 1.20. The third-order valence-electron chi connectivity index (χ3n) is 2.48. The Morgan fingerprint density at radius 3 is 2.44 bits per heavy atom. The van der Waals surface area contributed by atoms with E-state index in [0.717, 1.165) is 0 Å². The van der Waals surface area contributed by atoms with Gasteiger partial charge in [0, 0.05) is 0 Å². The van der Waals surface area contributed by atoms with Crippen molar-refractivity contribution in [2.45, 2.75) is 18.9 Å². The summed E-state index contributed by atoms with van der Waals surface area (Å²) in [5.74, 6) is 0.439. The highest BCUT2D eigenvalue weighted by Gasteiger charge is 2.24. The topological polar surface area (TPSA) is 78.8 Å². The molecule has 0 aliphatic heterocycles. The number of ether oxygens (including phenoxy) is 1. The highest BCUT2D eigenvalue weighted by molar-refractivity contribution is 5.76. The van der Waals surface area contributed by atoms with Crippen molar-refractivity contribution < 1.29 is 19.7 Å². The van der Waals surface area contributed by atoms with Crippen LogP contribution in [-0.2, 0) is 4.79 Å². The third-order valence-corrected chi connectivity index (χ3v) is 2.48. The summed E-state index contributed by atoms with van der Waals surface area (Å²) >= 11 is 0. The molecule has 1 amide bonds. The van der Waals surface area contributed by atoms with Crippen LogP contribution in [0.25, 0.3) is 0 Å². The van der Waals surface area contributed by atoms with Crippen LogP contribution in [0.15, 0.2) is 30.3 Å². The number of para-hydroxylation sites is 1. The van der Waals surface area contributed by atoms with Gasteiger partial charge in [0.05, 0.1) is 31.8 Å². The van der Waals surface area contributed by atoms with Crippen molar-refractivity contribution in [3.05, 3.63) is 30.3 Å². The summed E-state index contributed by atoms with van der Waals surface area (Å²) in [7, 11) is 0. The number of aliphatic hydroxyl groups excluding tert-OH is 2. The van der Waals surface area contributed by atoms with E-state index in [1.807, 2.05) is 30.3 Å². The Labute approximate surface area is 106 Å². The molecular formula is C13H19NO4. The Balaban J connectivity index is 2.30. The summed E-state index contributed by atoms with van der Waals surface area (Å²) in [4.78, 5) is 11.6. The van der Waals surface area contributed by atoms with E-state index in [1.165, 1.54) is 0 Å². The van der Waals surface area contributed by atoms with Crippen molar-refractivity contribution >= 4 is 5.91 Å². The van der Waals surface area contributed by atoms with Gasteiger partial charge in [0.15, 0.2) is 0 Å². The number of rotatable bonds is 7. The molecule has 5 heteroatoms. The molecule has 100 valence electrons. The molecule has 0 fully saturated rings. The summed E-state index contributed by atoms with van der Waals surface area (Å²) in [6, 6.07) is 9.20. The average Bonchev–Trinajstić information content (AvgIpc) is 2.40. The van der Waals surface area contributed by atoms with E-state index in [-0.39, 0.29) is 32.1 Å². The first-order valence-corrected chi connectivity index (χ1v) is 5.80. The van der Waals surface area contributed by atoms with Gasteiger partial charge in [-0.1, -0.05) is 18.2 Å². The van der Waals surface area contributed by atoms with Crippen LogP contribution >= 0.6 is 0 Å². The lowest BCUT2D eigenvalue weighted by atomic mass is 10.1. The molecule has 1 rings (SSSR count). The fraction of sp³-hybridized carbons (Fsp3) is 0.462. The molecule has 0 unspecified atom stereocenters. The van der Waals surface area contributed by atoms with E-state index < -0.39 is 5.54 Å². The molecule has 0 aliphatic rings. The van der Waals surface area contributed by atoms with Gasteiger partial charge in [0.2, 0.25) is 5.91 Å². The molecule has 0 heterocycles. The molecule has 1 aromatic carbocycles. The third kappa shape index (κ3) is 4.73. The molecule has 0 atom stereocenters. The first-order valence-electron chi connectivity index (χ1n) is 5.80. The zero-order chi connectivity index (χ0) is 13.4. The Hall–Kier alpha value is -1.59. The van der Waals surface area contributed by atoms with E-state index >= 15 is 0 Å². The highest BCUT2D eigenvalue weighted by atomic mass is 16.5. The first-order chi connectivity index (χ1) is 8.59. The van der Waals surface area contributed by atoms with Crippen LogP contribution in [0.2, 0.25) is 0 Å². The predicted molar refractivity (Wildman–Crippen MR) is 67.3 cm³/mol. The number of hydrogen-bond donors (Lipinski definition) is 3. The zero-order valence-electron chi connectivity index (χ0n) is 10.4. The second-order valence-electron chi connectivity index (χ2n) is 4.34. The van der Waals surface area contributed by atoms with Gasteiger partial charge >= 0.3 is 0 Å². The van der Waals surface area contributed by atoms with E-state index in [1.54, 1.807) is 6.92 Å². The lowest BCUT2D eigenvalue weighted by molar-refractivity contribution is -0.124. The van der Waals surface area contributed by atoms with Gasteiger partial charge in [0.1, 0.15) is 5.75 Å². The summed E-state index contributed by atoms with van der Waals surface area (Å²) in [5, 5.41) is 20.6. The molecule has 0 aliphatic carbocycles. The lowest BCUT2D eigenvalue weighted by Gasteiger charge is -2.26. The predicted octanol–water partition coefficient (Wildman–Crippen LogP) is 0.315. The minimum absolute atomic E-state index is 0.171. The molecule has 0 radical (unpaired) electrons. The fourth-order valence-electron chi connectivity index (χ4n) is 1.31. The first kappa shape index (κ1) is 14.5. The van der Waals surface area contributed by atoms with Crippen molar-refractivity contribution in [1.82, 2.24) is 5.32 Å². The molecule has 1 aromatic rings. The Morgan fingerprint density at radius 1 is 1.28 bits per heavy atom. The largest absolute Gasteiger partial charge is 0.493 e. The SMILES string of the molecule is CC(CO)(CO)NC(=O)CCOc1ccccc1. The lowest BCUT2D eigenvalue weighted by Crippen LogP contribution is -2.51. The number of benzene rings is 1. The second kappa shape index (κ2) is 6.98. The Kier molecular flexibility index (Phi) is 5.61. The van der Waals surface area contributed by atoms with Crippen LogP contribution in [0.1, 0.15) is 13.3 Å². The van der Waals surface area contributed by atoms with Crippen molar-refractivity contribution in [2.24, 2.45) is 0 Å². The Bertz CT molecular complexity index is 363. The second-order valence-corrected chi connectivity index (χ2v) is 4.34. The van der Waals surface area contributed by atoms with Crippen LogP contribution < -0.4 is 10.1 Å². The van der Waals surface area contributed by atoms with E-state index in [0.29, 0.717) is 5.75 Å². The smallest absolute Gasteiger partial charge is 0.224 e. The van der Waals surface area contributed by atoms with E-state index in [4.69, 9.17) is 14.9 Å². The normalized spacial score (nSPS) is 11.1. The maximum Gasteiger partial charge on any atom is 0.224 e.